The monoisotopic (exact) mass is 551 g/mol. The Balaban J connectivity index is 0.000000301. The van der Waals surface area contributed by atoms with Gasteiger partial charge in [0.05, 0.1) is 31.2 Å². The minimum atomic E-state index is -5.08. The fourth-order valence-corrected chi connectivity index (χ4v) is 3.11. The molecule has 0 aliphatic carbocycles. The predicted octanol–water partition coefficient (Wildman–Crippen LogP) is 3.81. The molecule has 208 valence electrons. The molecule has 0 spiro atoms. The zero-order valence-corrected chi connectivity index (χ0v) is 19.5. The predicted molar refractivity (Wildman–Crippen MR) is 119 cm³/mol. The Morgan fingerprint density at radius 3 is 2.13 bits per heavy atom. The summed E-state index contributed by atoms with van der Waals surface area (Å²) in [5.41, 5.74) is 1.20. The highest BCUT2D eigenvalue weighted by Gasteiger charge is 2.38. The maximum Gasteiger partial charge on any atom is 0.490 e. The van der Waals surface area contributed by atoms with Crippen LogP contribution in [0.3, 0.4) is 0 Å². The van der Waals surface area contributed by atoms with Gasteiger partial charge >= 0.3 is 24.3 Å². The summed E-state index contributed by atoms with van der Waals surface area (Å²) in [5, 5.41) is 17.6. The van der Waals surface area contributed by atoms with Crippen LogP contribution in [0.2, 0.25) is 0 Å². The van der Waals surface area contributed by atoms with Crippen molar-refractivity contribution in [2.45, 2.75) is 38.4 Å². The van der Waals surface area contributed by atoms with Crippen LogP contribution in [-0.4, -0.2) is 67.0 Å². The molecular weight excluding hydrogens is 528 g/mol. The smallest absolute Gasteiger partial charge is 0.475 e. The van der Waals surface area contributed by atoms with Gasteiger partial charge in [0, 0.05) is 32.3 Å². The van der Waals surface area contributed by atoms with Crippen molar-refractivity contribution in [3.05, 3.63) is 66.3 Å². The van der Waals surface area contributed by atoms with Gasteiger partial charge < -0.3 is 24.5 Å². The largest absolute Gasteiger partial charge is 0.490 e. The number of nitrogens with one attached hydrogen (secondary N) is 1. The van der Waals surface area contributed by atoms with Gasteiger partial charge in [-0.1, -0.05) is 6.07 Å². The summed E-state index contributed by atoms with van der Waals surface area (Å²) in [6.07, 6.45) is -3.69. The molecule has 0 radical (unpaired) electrons. The molecule has 0 atom stereocenters. The molecule has 1 aliphatic rings. The van der Waals surface area contributed by atoms with Gasteiger partial charge in [-0.25, -0.2) is 19.6 Å². The topological polar surface area (TPSA) is 134 Å². The van der Waals surface area contributed by atoms with Crippen LogP contribution in [0.15, 0.2) is 53.4 Å². The number of anilines is 1. The Morgan fingerprint density at radius 2 is 1.61 bits per heavy atom. The number of halogens is 6. The van der Waals surface area contributed by atoms with Gasteiger partial charge in [-0.2, -0.15) is 26.3 Å². The molecule has 3 N–H and O–H groups in total. The third-order valence-corrected chi connectivity index (χ3v) is 4.87. The van der Waals surface area contributed by atoms with Crippen LogP contribution in [0.1, 0.15) is 17.3 Å². The summed E-state index contributed by atoms with van der Waals surface area (Å²) in [4.78, 5) is 29.1. The number of carboxylic acids is 2. The number of alkyl halides is 6. The lowest BCUT2D eigenvalue weighted by molar-refractivity contribution is -0.193. The molecule has 10 nitrogen and oxygen atoms in total. The number of aromatic nitrogens is 3. The van der Waals surface area contributed by atoms with Crippen LogP contribution in [0, 0.1) is 0 Å². The zero-order valence-electron chi connectivity index (χ0n) is 19.5. The van der Waals surface area contributed by atoms with Crippen molar-refractivity contribution in [3.63, 3.8) is 0 Å². The first kappa shape index (κ1) is 30.1. The van der Waals surface area contributed by atoms with Crippen molar-refractivity contribution in [1.29, 1.82) is 0 Å². The van der Waals surface area contributed by atoms with E-state index in [9.17, 15) is 26.3 Å². The van der Waals surface area contributed by atoms with Crippen LogP contribution in [0.25, 0.3) is 0 Å². The standard InChI is InChI=1S/C18H21N5O.2C2HF3O2/c1-2-7-19-17(5-1)20-12-15-13-21-18-6-8-22(9-10-23(15)18)14-16-4-3-11-24-16;2*3-2(4,5)1(6)7/h1-5,7,11,13H,6,8-10,12,14H2,(H,19,20);2*(H,6,7). The third kappa shape index (κ3) is 10.1. The van der Waals surface area contributed by atoms with E-state index in [0.29, 0.717) is 0 Å². The lowest BCUT2D eigenvalue weighted by Crippen LogP contribution is -2.26. The lowest BCUT2D eigenvalue weighted by Gasteiger charge is -2.18. The summed E-state index contributed by atoms with van der Waals surface area (Å²) in [7, 11) is 0. The van der Waals surface area contributed by atoms with E-state index in [1.54, 1.807) is 12.5 Å². The molecule has 0 saturated heterocycles. The highest BCUT2D eigenvalue weighted by atomic mass is 19.4. The van der Waals surface area contributed by atoms with Gasteiger partial charge in [-0.05, 0) is 24.3 Å². The SMILES string of the molecule is O=C(O)C(F)(F)F.O=C(O)C(F)(F)F.c1ccc(NCc2cnc3n2CCN(Cc2ccco2)CC3)nc1. The van der Waals surface area contributed by atoms with Gasteiger partial charge in [0.25, 0.3) is 0 Å². The quantitative estimate of drug-likeness (QED) is 0.405. The van der Waals surface area contributed by atoms with E-state index in [1.165, 1.54) is 5.69 Å². The summed E-state index contributed by atoms with van der Waals surface area (Å²) in [6, 6.07) is 9.86. The van der Waals surface area contributed by atoms with Crippen LogP contribution < -0.4 is 5.32 Å². The molecule has 38 heavy (non-hydrogen) atoms. The number of carboxylic acid groups (broad SMARTS) is 2. The Kier molecular flexibility index (Phi) is 10.7. The van der Waals surface area contributed by atoms with Gasteiger partial charge in [0.2, 0.25) is 0 Å². The summed E-state index contributed by atoms with van der Waals surface area (Å²) in [6.45, 7) is 4.56. The fraction of sp³-hybridized carbons (Fsp3) is 0.364. The molecule has 1 aliphatic heterocycles. The van der Waals surface area contributed by atoms with Gasteiger partial charge in [0.15, 0.2) is 0 Å². The molecule has 0 fully saturated rings. The second-order valence-electron chi connectivity index (χ2n) is 7.60. The van der Waals surface area contributed by atoms with E-state index in [2.05, 4.69) is 24.8 Å². The number of carbonyl (C=O) groups is 2. The molecule has 0 aromatic carbocycles. The number of fused-ring (bicyclic) bond motifs is 1. The maximum absolute atomic E-state index is 10.6. The molecule has 3 aromatic heterocycles. The fourth-order valence-electron chi connectivity index (χ4n) is 3.11. The molecular formula is C22H23F6N5O5. The lowest BCUT2D eigenvalue weighted by atomic mass is 10.3. The molecule has 0 saturated carbocycles. The molecule has 3 aromatic rings. The molecule has 0 bridgehead atoms. The number of furan rings is 1. The maximum atomic E-state index is 10.6. The zero-order chi connectivity index (χ0) is 28.3. The van der Waals surface area contributed by atoms with E-state index in [1.807, 2.05) is 36.5 Å². The first-order chi connectivity index (χ1) is 17.8. The summed E-state index contributed by atoms with van der Waals surface area (Å²) >= 11 is 0. The van der Waals surface area contributed by atoms with Gasteiger partial charge in [-0.3, -0.25) is 4.90 Å². The van der Waals surface area contributed by atoms with Crippen molar-refractivity contribution in [1.82, 2.24) is 19.4 Å². The van der Waals surface area contributed by atoms with Gasteiger partial charge in [0.1, 0.15) is 17.4 Å². The molecule has 0 unspecified atom stereocenters. The first-order valence-electron chi connectivity index (χ1n) is 10.8. The number of pyridine rings is 1. The van der Waals surface area contributed by atoms with E-state index >= 15 is 0 Å². The first-order valence-corrected chi connectivity index (χ1v) is 10.8. The third-order valence-electron chi connectivity index (χ3n) is 4.87. The van der Waals surface area contributed by atoms with Crippen LogP contribution in [0.5, 0.6) is 0 Å². The Hall–Kier alpha value is -4.08. The highest BCUT2D eigenvalue weighted by molar-refractivity contribution is 5.73. The Bertz CT molecular complexity index is 1130. The van der Waals surface area contributed by atoms with Crippen molar-refractivity contribution in [2.24, 2.45) is 0 Å². The Morgan fingerprint density at radius 1 is 0.947 bits per heavy atom. The van der Waals surface area contributed by atoms with Crippen molar-refractivity contribution < 1.29 is 50.6 Å². The van der Waals surface area contributed by atoms with E-state index < -0.39 is 24.3 Å². The normalized spacial score (nSPS) is 13.6. The van der Waals surface area contributed by atoms with Crippen molar-refractivity contribution in [3.8, 4) is 0 Å². The molecule has 4 rings (SSSR count). The van der Waals surface area contributed by atoms with Crippen LogP contribution >= 0.6 is 0 Å². The van der Waals surface area contributed by atoms with Gasteiger partial charge in [-0.15, -0.1) is 0 Å². The van der Waals surface area contributed by atoms with E-state index in [-0.39, 0.29) is 0 Å². The summed E-state index contributed by atoms with van der Waals surface area (Å²) < 4.78 is 71.3. The van der Waals surface area contributed by atoms with Crippen molar-refractivity contribution >= 4 is 17.8 Å². The molecule has 16 heteroatoms. The number of nitrogens with zero attached hydrogens (tertiary/aromatic N) is 4. The number of aliphatic carboxylic acids is 2. The second-order valence-corrected chi connectivity index (χ2v) is 7.60. The second kappa shape index (κ2) is 13.5. The minimum Gasteiger partial charge on any atom is -0.475 e. The number of hydrogen-bond acceptors (Lipinski definition) is 7. The summed E-state index contributed by atoms with van der Waals surface area (Å²) in [5.74, 6) is -2.44. The van der Waals surface area contributed by atoms with Crippen LogP contribution in [0.4, 0.5) is 32.2 Å². The average Bonchev–Trinajstić information content (AvgIpc) is 3.44. The molecule has 4 heterocycles. The molecule has 0 amide bonds. The number of hydrogen-bond donors (Lipinski definition) is 3. The average molecular weight is 551 g/mol. The van der Waals surface area contributed by atoms with E-state index in [4.69, 9.17) is 24.2 Å². The van der Waals surface area contributed by atoms with Crippen LogP contribution in [-0.2, 0) is 35.6 Å². The van der Waals surface area contributed by atoms with E-state index in [0.717, 1.165) is 56.5 Å². The minimum absolute atomic E-state index is 0.738. The van der Waals surface area contributed by atoms with Crippen molar-refractivity contribution in [2.75, 3.05) is 18.4 Å². The highest BCUT2D eigenvalue weighted by Crippen LogP contribution is 2.16. The number of imidazole rings is 1. The number of rotatable bonds is 5. The Labute approximate surface area is 211 Å².